The molecule has 0 unspecified atom stereocenters. The van der Waals surface area contributed by atoms with E-state index < -0.39 is 11.4 Å². The fourth-order valence-electron chi connectivity index (χ4n) is 1.02. The Balaban J connectivity index is 2.65. The molecule has 1 rings (SSSR count). The van der Waals surface area contributed by atoms with E-state index in [1.165, 1.54) is 0 Å². The number of benzene rings is 1. The van der Waals surface area contributed by atoms with Gasteiger partial charge in [-0.2, -0.15) is 0 Å². The quantitative estimate of drug-likeness (QED) is 0.747. The van der Waals surface area contributed by atoms with Crippen LogP contribution in [0.3, 0.4) is 0 Å². The Labute approximate surface area is 89.9 Å². The first-order chi connectivity index (χ1) is 7.02. The number of carboxylic acids is 1. The second-order valence-electron chi connectivity index (χ2n) is 3.89. The van der Waals surface area contributed by atoms with Crippen LogP contribution in [0.15, 0.2) is 30.3 Å². The first-order valence-corrected chi connectivity index (χ1v) is 4.80. The van der Waals surface area contributed by atoms with Gasteiger partial charge in [0.05, 0.1) is 0 Å². The molecule has 0 aromatic heterocycles. The van der Waals surface area contributed by atoms with Crippen LogP contribution in [0, 0.1) is 17.3 Å². The molecule has 2 nitrogen and oxygen atoms in total. The molecule has 0 aliphatic carbocycles. The molecular formula is C13H14O2. The average molecular weight is 202 g/mol. The van der Waals surface area contributed by atoms with Gasteiger partial charge in [-0.3, -0.25) is 4.79 Å². The predicted molar refractivity (Wildman–Crippen MR) is 59.3 cm³/mol. The third kappa shape index (κ3) is 3.47. The van der Waals surface area contributed by atoms with Gasteiger partial charge in [0.15, 0.2) is 0 Å². The molecule has 0 saturated heterocycles. The van der Waals surface area contributed by atoms with Crippen LogP contribution in [0.2, 0.25) is 0 Å². The van der Waals surface area contributed by atoms with Gasteiger partial charge in [0.2, 0.25) is 0 Å². The first kappa shape index (κ1) is 11.3. The molecule has 0 amide bonds. The van der Waals surface area contributed by atoms with Gasteiger partial charge >= 0.3 is 5.97 Å². The summed E-state index contributed by atoms with van der Waals surface area (Å²) in [5.74, 6) is 4.76. The highest BCUT2D eigenvalue weighted by Crippen LogP contribution is 2.12. The van der Waals surface area contributed by atoms with Gasteiger partial charge in [-0.1, -0.05) is 42.2 Å². The summed E-state index contributed by atoms with van der Waals surface area (Å²) >= 11 is 0. The predicted octanol–water partition coefficient (Wildman–Crippen LogP) is 2.34. The summed E-state index contributed by atoms with van der Waals surface area (Å²) in [6.45, 7) is 3.21. The lowest BCUT2D eigenvalue weighted by molar-refractivity contribution is -0.143. The Morgan fingerprint density at radius 3 is 2.47 bits per heavy atom. The maximum Gasteiger partial charge on any atom is 0.321 e. The molecule has 0 heterocycles. The van der Waals surface area contributed by atoms with Gasteiger partial charge in [-0.05, 0) is 19.4 Å². The topological polar surface area (TPSA) is 37.3 Å². The summed E-state index contributed by atoms with van der Waals surface area (Å²) < 4.78 is 0. The summed E-state index contributed by atoms with van der Waals surface area (Å²) in [4.78, 5) is 10.8. The summed E-state index contributed by atoms with van der Waals surface area (Å²) in [6.07, 6.45) is 0.595. The standard InChI is InChI=1S/C13H14O2/c1-13(2,12(14)15)10-6-9-11-7-4-3-5-8-11/h3-5,7-8H,9H2,1-2H3,(H,14,15). The van der Waals surface area contributed by atoms with Crippen LogP contribution >= 0.6 is 0 Å². The number of rotatable bonds is 2. The molecule has 0 radical (unpaired) electrons. The zero-order valence-corrected chi connectivity index (χ0v) is 8.95. The fourth-order valence-corrected chi connectivity index (χ4v) is 1.02. The van der Waals surface area contributed by atoms with Gasteiger partial charge < -0.3 is 5.11 Å². The molecule has 78 valence electrons. The maximum atomic E-state index is 10.8. The van der Waals surface area contributed by atoms with E-state index in [1.54, 1.807) is 13.8 Å². The molecular weight excluding hydrogens is 188 g/mol. The Morgan fingerprint density at radius 2 is 1.93 bits per heavy atom. The highest BCUT2D eigenvalue weighted by atomic mass is 16.4. The third-order valence-electron chi connectivity index (χ3n) is 2.07. The van der Waals surface area contributed by atoms with E-state index in [-0.39, 0.29) is 0 Å². The minimum Gasteiger partial charge on any atom is -0.480 e. The number of carbonyl (C=O) groups is 1. The Hall–Kier alpha value is -1.75. The van der Waals surface area contributed by atoms with Gasteiger partial charge in [-0.25, -0.2) is 0 Å². The smallest absolute Gasteiger partial charge is 0.321 e. The molecule has 0 aliphatic rings. The van der Waals surface area contributed by atoms with Gasteiger partial charge in [0, 0.05) is 6.42 Å². The molecule has 0 atom stereocenters. The van der Waals surface area contributed by atoms with Crippen LogP contribution in [-0.2, 0) is 11.2 Å². The molecule has 1 aromatic rings. The van der Waals surface area contributed by atoms with Crippen LogP contribution in [0.4, 0.5) is 0 Å². The molecule has 1 N–H and O–H groups in total. The number of hydrogen-bond donors (Lipinski definition) is 1. The Morgan fingerprint density at radius 1 is 1.33 bits per heavy atom. The summed E-state index contributed by atoms with van der Waals surface area (Å²) in [6, 6.07) is 9.78. The number of carboxylic acid groups (broad SMARTS) is 1. The van der Waals surface area contributed by atoms with Crippen LogP contribution in [-0.4, -0.2) is 11.1 Å². The molecule has 0 fully saturated rings. The van der Waals surface area contributed by atoms with Crippen molar-refractivity contribution in [1.82, 2.24) is 0 Å². The van der Waals surface area contributed by atoms with Crippen molar-refractivity contribution in [2.24, 2.45) is 5.41 Å². The second-order valence-corrected chi connectivity index (χ2v) is 3.89. The zero-order valence-electron chi connectivity index (χ0n) is 8.95. The highest BCUT2D eigenvalue weighted by molar-refractivity contribution is 5.77. The van der Waals surface area contributed by atoms with Crippen LogP contribution in [0.25, 0.3) is 0 Å². The van der Waals surface area contributed by atoms with Crippen LogP contribution < -0.4 is 0 Å². The van der Waals surface area contributed by atoms with E-state index in [0.717, 1.165) is 5.56 Å². The van der Waals surface area contributed by atoms with E-state index in [9.17, 15) is 4.79 Å². The van der Waals surface area contributed by atoms with E-state index in [0.29, 0.717) is 6.42 Å². The lowest BCUT2D eigenvalue weighted by atomic mass is 9.94. The minimum atomic E-state index is -0.964. The number of aliphatic carboxylic acids is 1. The lowest BCUT2D eigenvalue weighted by Crippen LogP contribution is -2.21. The second kappa shape index (κ2) is 4.65. The van der Waals surface area contributed by atoms with Crippen molar-refractivity contribution in [2.45, 2.75) is 20.3 Å². The van der Waals surface area contributed by atoms with E-state index in [4.69, 9.17) is 5.11 Å². The minimum absolute atomic E-state index is 0.595. The molecule has 2 heteroatoms. The SMILES string of the molecule is CC(C)(C#CCc1ccccc1)C(=O)O. The molecule has 15 heavy (non-hydrogen) atoms. The Kier molecular flexibility index (Phi) is 3.51. The summed E-state index contributed by atoms with van der Waals surface area (Å²) in [5, 5.41) is 8.84. The van der Waals surface area contributed by atoms with Crippen molar-refractivity contribution in [3.05, 3.63) is 35.9 Å². The van der Waals surface area contributed by atoms with Gasteiger partial charge in [0.1, 0.15) is 5.41 Å². The van der Waals surface area contributed by atoms with Crippen molar-refractivity contribution in [2.75, 3.05) is 0 Å². The molecule has 0 bridgehead atoms. The van der Waals surface area contributed by atoms with Crippen LogP contribution in [0.1, 0.15) is 19.4 Å². The largest absolute Gasteiger partial charge is 0.480 e. The first-order valence-electron chi connectivity index (χ1n) is 4.80. The van der Waals surface area contributed by atoms with Crippen molar-refractivity contribution >= 4 is 5.97 Å². The summed E-state index contributed by atoms with van der Waals surface area (Å²) in [5.41, 5.74) is 0.139. The molecule has 0 saturated carbocycles. The van der Waals surface area contributed by atoms with Crippen molar-refractivity contribution in [3.8, 4) is 11.8 Å². The molecule has 0 aliphatic heterocycles. The van der Waals surface area contributed by atoms with Gasteiger partial charge in [-0.15, -0.1) is 0 Å². The molecule has 0 spiro atoms. The average Bonchev–Trinajstić information content (AvgIpc) is 2.19. The monoisotopic (exact) mass is 202 g/mol. The van der Waals surface area contributed by atoms with E-state index >= 15 is 0 Å². The van der Waals surface area contributed by atoms with E-state index in [1.807, 2.05) is 30.3 Å². The van der Waals surface area contributed by atoms with Crippen molar-refractivity contribution in [3.63, 3.8) is 0 Å². The van der Waals surface area contributed by atoms with Crippen molar-refractivity contribution in [1.29, 1.82) is 0 Å². The van der Waals surface area contributed by atoms with E-state index in [2.05, 4.69) is 11.8 Å². The van der Waals surface area contributed by atoms with Crippen molar-refractivity contribution < 1.29 is 9.90 Å². The molecule has 1 aromatic carbocycles. The number of hydrogen-bond acceptors (Lipinski definition) is 1. The third-order valence-corrected chi connectivity index (χ3v) is 2.07. The lowest BCUT2D eigenvalue weighted by Gasteiger charge is -2.09. The normalized spacial score (nSPS) is 10.3. The van der Waals surface area contributed by atoms with Crippen LogP contribution in [0.5, 0.6) is 0 Å². The zero-order chi connectivity index (χ0) is 11.3. The maximum absolute atomic E-state index is 10.8. The summed E-state index contributed by atoms with van der Waals surface area (Å²) in [7, 11) is 0. The van der Waals surface area contributed by atoms with Gasteiger partial charge in [0.25, 0.3) is 0 Å². The Bertz CT molecular complexity index is 394. The fraction of sp³-hybridized carbons (Fsp3) is 0.308. The highest BCUT2D eigenvalue weighted by Gasteiger charge is 2.23.